The molecule has 16 heavy (non-hydrogen) atoms. The van der Waals surface area contributed by atoms with Crippen LogP contribution >= 0.6 is 27.7 Å². The van der Waals surface area contributed by atoms with Crippen LogP contribution in [-0.4, -0.2) is 21.3 Å². The van der Waals surface area contributed by atoms with Crippen LogP contribution in [0.15, 0.2) is 9.64 Å². The van der Waals surface area contributed by atoms with E-state index in [-0.39, 0.29) is 0 Å². The zero-order valence-corrected chi connectivity index (χ0v) is 11.9. The fraction of sp³-hybridized carbons (Fsp3) is 0.818. The van der Waals surface area contributed by atoms with Crippen molar-refractivity contribution in [2.45, 2.75) is 44.3 Å². The number of rotatable bonds is 4. The average molecular weight is 305 g/mol. The molecule has 2 rings (SSSR count). The van der Waals surface area contributed by atoms with E-state index in [4.69, 9.17) is 4.42 Å². The minimum Gasteiger partial charge on any atom is -0.416 e. The summed E-state index contributed by atoms with van der Waals surface area (Å²) in [4.78, 5) is 0. The number of halogens is 1. The molecule has 5 heteroatoms. The molecule has 1 heterocycles. The molecule has 0 saturated heterocycles. The van der Waals surface area contributed by atoms with Gasteiger partial charge in [-0.25, -0.2) is 0 Å². The fourth-order valence-electron chi connectivity index (χ4n) is 2.17. The van der Waals surface area contributed by atoms with Gasteiger partial charge in [0, 0.05) is 18.0 Å². The zero-order valence-electron chi connectivity index (χ0n) is 9.54. The molecule has 1 aliphatic carbocycles. The van der Waals surface area contributed by atoms with E-state index in [9.17, 15) is 0 Å². The Kier molecular flexibility index (Phi) is 4.30. The minimum absolute atomic E-state index is 0.436. The molecule has 0 N–H and O–H groups in total. The van der Waals surface area contributed by atoms with Crippen LogP contribution in [0, 0.1) is 12.3 Å². The third-order valence-corrected chi connectivity index (χ3v) is 5.57. The van der Waals surface area contributed by atoms with Gasteiger partial charge < -0.3 is 4.42 Å². The number of nitrogens with zero attached hydrogens (tertiary/aromatic N) is 2. The van der Waals surface area contributed by atoms with Gasteiger partial charge in [-0.15, -0.1) is 10.2 Å². The van der Waals surface area contributed by atoms with Gasteiger partial charge in [-0.05, 0) is 18.3 Å². The van der Waals surface area contributed by atoms with Crippen molar-refractivity contribution in [1.29, 1.82) is 0 Å². The molecular formula is C11H17BrN2OS. The van der Waals surface area contributed by atoms with Crippen molar-refractivity contribution in [2.24, 2.45) is 5.41 Å². The molecule has 90 valence electrons. The second-order valence-electron chi connectivity index (χ2n) is 4.57. The molecule has 1 aromatic heterocycles. The van der Waals surface area contributed by atoms with Gasteiger partial charge in [0.1, 0.15) is 0 Å². The molecule has 0 radical (unpaired) electrons. The first-order valence-electron chi connectivity index (χ1n) is 5.73. The predicted octanol–water partition coefficient (Wildman–Crippen LogP) is 3.82. The fourth-order valence-corrected chi connectivity index (χ4v) is 4.29. The molecule has 0 atom stereocenters. The highest BCUT2D eigenvalue weighted by Crippen LogP contribution is 2.41. The summed E-state index contributed by atoms with van der Waals surface area (Å²) in [6.45, 7) is 1.83. The molecule has 0 aromatic carbocycles. The average Bonchev–Trinajstić information content (AvgIpc) is 2.74. The lowest BCUT2D eigenvalue weighted by Crippen LogP contribution is -2.28. The highest BCUT2D eigenvalue weighted by molar-refractivity contribution is 9.09. The van der Waals surface area contributed by atoms with Crippen molar-refractivity contribution in [2.75, 3.05) is 11.1 Å². The molecule has 0 unspecified atom stereocenters. The van der Waals surface area contributed by atoms with Crippen molar-refractivity contribution < 1.29 is 4.42 Å². The topological polar surface area (TPSA) is 38.9 Å². The summed E-state index contributed by atoms with van der Waals surface area (Å²) in [5.41, 5.74) is 0.436. The molecule has 3 nitrogen and oxygen atoms in total. The lowest BCUT2D eigenvalue weighted by atomic mass is 9.77. The second-order valence-corrected chi connectivity index (χ2v) is 6.06. The van der Waals surface area contributed by atoms with E-state index in [2.05, 4.69) is 26.1 Å². The molecular weight excluding hydrogens is 288 g/mol. The highest BCUT2D eigenvalue weighted by Gasteiger charge is 2.31. The summed E-state index contributed by atoms with van der Waals surface area (Å²) >= 11 is 5.37. The van der Waals surface area contributed by atoms with Crippen molar-refractivity contribution >= 4 is 27.7 Å². The second kappa shape index (κ2) is 5.54. The monoisotopic (exact) mass is 304 g/mol. The molecule has 1 aromatic rings. The smallest absolute Gasteiger partial charge is 0.276 e. The highest BCUT2D eigenvalue weighted by atomic mass is 79.9. The molecule has 1 saturated carbocycles. The molecule has 0 amide bonds. The van der Waals surface area contributed by atoms with Crippen LogP contribution in [0.4, 0.5) is 0 Å². The third-order valence-electron chi connectivity index (χ3n) is 3.21. The van der Waals surface area contributed by atoms with Gasteiger partial charge in [-0.1, -0.05) is 47.0 Å². The van der Waals surface area contributed by atoms with E-state index >= 15 is 0 Å². The zero-order chi connectivity index (χ0) is 11.4. The van der Waals surface area contributed by atoms with Gasteiger partial charge in [-0.3, -0.25) is 0 Å². The number of alkyl halides is 1. The summed E-state index contributed by atoms with van der Waals surface area (Å²) in [7, 11) is 0. The maximum atomic E-state index is 5.39. The Morgan fingerprint density at radius 3 is 2.62 bits per heavy atom. The van der Waals surface area contributed by atoms with Crippen LogP contribution in [-0.2, 0) is 0 Å². The van der Waals surface area contributed by atoms with E-state index in [0.29, 0.717) is 16.5 Å². The molecule has 0 aliphatic heterocycles. The Morgan fingerprint density at radius 1 is 1.31 bits per heavy atom. The first-order valence-corrected chi connectivity index (χ1v) is 7.84. The van der Waals surface area contributed by atoms with Gasteiger partial charge in [0.25, 0.3) is 5.22 Å². The number of aryl methyl sites for hydroxylation is 1. The van der Waals surface area contributed by atoms with Crippen LogP contribution in [0.1, 0.15) is 38.0 Å². The van der Waals surface area contributed by atoms with Crippen molar-refractivity contribution in [1.82, 2.24) is 10.2 Å². The number of hydrogen-bond donors (Lipinski definition) is 0. The lowest BCUT2D eigenvalue weighted by Gasteiger charge is -2.34. The number of aromatic nitrogens is 2. The van der Waals surface area contributed by atoms with E-state index < -0.39 is 0 Å². The first kappa shape index (κ1) is 12.4. The Labute approximate surface area is 109 Å². The molecule has 0 spiro atoms. The van der Waals surface area contributed by atoms with Crippen LogP contribution in [0.3, 0.4) is 0 Å². The number of thioether (sulfide) groups is 1. The van der Waals surface area contributed by atoms with Gasteiger partial charge >= 0.3 is 0 Å². The lowest BCUT2D eigenvalue weighted by molar-refractivity contribution is 0.259. The Balaban J connectivity index is 1.91. The molecule has 0 bridgehead atoms. The van der Waals surface area contributed by atoms with Gasteiger partial charge in [-0.2, -0.15) is 0 Å². The summed E-state index contributed by atoms with van der Waals surface area (Å²) in [6, 6.07) is 0. The minimum atomic E-state index is 0.436. The third kappa shape index (κ3) is 3.00. The van der Waals surface area contributed by atoms with E-state index in [0.717, 1.165) is 11.1 Å². The quantitative estimate of drug-likeness (QED) is 0.626. The molecule has 1 fully saturated rings. The summed E-state index contributed by atoms with van der Waals surface area (Å²) in [5, 5.41) is 9.67. The SMILES string of the molecule is Cc1nnc(SCC2(CBr)CCCCC2)o1. The summed E-state index contributed by atoms with van der Waals surface area (Å²) in [5.74, 6) is 1.74. The van der Waals surface area contributed by atoms with Gasteiger partial charge in [0.05, 0.1) is 0 Å². The van der Waals surface area contributed by atoms with Crippen molar-refractivity contribution in [3.05, 3.63) is 5.89 Å². The van der Waals surface area contributed by atoms with Crippen LogP contribution in [0.2, 0.25) is 0 Å². The largest absolute Gasteiger partial charge is 0.416 e. The first-order chi connectivity index (χ1) is 7.74. The van der Waals surface area contributed by atoms with Crippen LogP contribution in [0.5, 0.6) is 0 Å². The summed E-state index contributed by atoms with van der Waals surface area (Å²) < 4.78 is 5.39. The maximum absolute atomic E-state index is 5.39. The predicted molar refractivity (Wildman–Crippen MR) is 69.1 cm³/mol. The standard InChI is InChI=1S/C11H17BrN2OS/c1-9-13-14-10(15-9)16-8-11(7-12)5-3-2-4-6-11/h2-8H2,1H3. The van der Waals surface area contributed by atoms with Gasteiger partial charge in [0.2, 0.25) is 5.89 Å². The Hall–Kier alpha value is -0.0300. The van der Waals surface area contributed by atoms with Crippen molar-refractivity contribution in [3.8, 4) is 0 Å². The summed E-state index contributed by atoms with van der Waals surface area (Å²) in [6.07, 6.45) is 6.74. The maximum Gasteiger partial charge on any atom is 0.276 e. The normalized spacial score (nSPS) is 19.9. The van der Waals surface area contributed by atoms with E-state index in [1.54, 1.807) is 11.8 Å². The van der Waals surface area contributed by atoms with E-state index in [1.165, 1.54) is 32.1 Å². The molecule has 1 aliphatic rings. The van der Waals surface area contributed by atoms with E-state index in [1.807, 2.05) is 6.92 Å². The van der Waals surface area contributed by atoms with Crippen LogP contribution < -0.4 is 0 Å². The van der Waals surface area contributed by atoms with Crippen LogP contribution in [0.25, 0.3) is 0 Å². The van der Waals surface area contributed by atoms with Crippen molar-refractivity contribution in [3.63, 3.8) is 0 Å². The number of hydrogen-bond acceptors (Lipinski definition) is 4. The Morgan fingerprint density at radius 2 is 2.06 bits per heavy atom. The van der Waals surface area contributed by atoms with Gasteiger partial charge in [0.15, 0.2) is 0 Å². The Bertz CT molecular complexity index is 336.